The van der Waals surface area contributed by atoms with Gasteiger partial charge in [0, 0.05) is 12.6 Å². The molecule has 0 aromatic heterocycles. The standard InChI is InChI=1S/C12H20N2O/c1-4-9(2)8-14-12-7-10(15-3)5-6-11(12)13/h5-7,9,14H,4,8,13H2,1-3H3. The molecule has 15 heavy (non-hydrogen) atoms. The average molecular weight is 208 g/mol. The van der Waals surface area contributed by atoms with E-state index in [0.29, 0.717) is 5.92 Å². The smallest absolute Gasteiger partial charge is 0.121 e. The van der Waals surface area contributed by atoms with Crippen LogP contribution in [0.3, 0.4) is 0 Å². The van der Waals surface area contributed by atoms with Gasteiger partial charge in [-0.2, -0.15) is 0 Å². The Labute approximate surface area is 91.6 Å². The van der Waals surface area contributed by atoms with Crippen LogP contribution in [0.5, 0.6) is 5.75 Å². The van der Waals surface area contributed by atoms with Gasteiger partial charge in [0.1, 0.15) is 5.75 Å². The van der Waals surface area contributed by atoms with Crippen LogP contribution in [0.2, 0.25) is 0 Å². The number of methoxy groups -OCH3 is 1. The first kappa shape index (κ1) is 11.7. The van der Waals surface area contributed by atoms with Gasteiger partial charge < -0.3 is 15.8 Å². The van der Waals surface area contributed by atoms with Crippen molar-refractivity contribution >= 4 is 11.4 Å². The summed E-state index contributed by atoms with van der Waals surface area (Å²) in [5, 5.41) is 3.33. The number of nitrogens with one attached hydrogen (secondary N) is 1. The summed E-state index contributed by atoms with van der Waals surface area (Å²) in [5.41, 5.74) is 7.57. The Bertz CT molecular complexity index is 312. The van der Waals surface area contributed by atoms with Crippen LogP contribution in [0.25, 0.3) is 0 Å². The summed E-state index contributed by atoms with van der Waals surface area (Å²) in [4.78, 5) is 0. The molecule has 1 aromatic carbocycles. The van der Waals surface area contributed by atoms with Crippen LogP contribution in [-0.2, 0) is 0 Å². The molecule has 1 atom stereocenters. The van der Waals surface area contributed by atoms with E-state index in [2.05, 4.69) is 19.2 Å². The average Bonchev–Trinajstić information content (AvgIpc) is 2.27. The van der Waals surface area contributed by atoms with Crippen molar-refractivity contribution in [1.29, 1.82) is 0 Å². The molecular formula is C12H20N2O. The second kappa shape index (κ2) is 5.49. The normalized spacial score (nSPS) is 12.2. The molecule has 0 heterocycles. The van der Waals surface area contributed by atoms with Crippen molar-refractivity contribution in [2.24, 2.45) is 5.92 Å². The van der Waals surface area contributed by atoms with Gasteiger partial charge in [-0.25, -0.2) is 0 Å². The van der Waals surface area contributed by atoms with Crippen LogP contribution in [0, 0.1) is 5.92 Å². The molecule has 1 rings (SSSR count). The predicted octanol–water partition coefficient (Wildman–Crippen LogP) is 2.74. The van der Waals surface area contributed by atoms with E-state index < -0.39 is 0 Å². The van der Waals surface area contributed by atoms with Crippen LogP contribution in [0.4, 0.5) is 11.4 Å². The number of hydrogen-bond donors (Lipinski definition) is 2. The van der Waals surface area contributed by atoms with Crippen molar-refractivity contribution in [3.05, 3.63) is 18.2 Å². The fourth-order valence-corrected chi connectivity index (χ4v) is 1.24. The molecule has 0 aliphatic carbocycles. The highest BCUT2D eigenvalue weighted by Crippen LogP contribution is 2.24. The zero-order valence-corrected chi connectivity index (χ0v) is 9.71. The summed E-state index contributed by atoms with van der Waals surface area (Å²) >= 11 is 0. The lowest BCUT2D eigenvalue weighted by molar-refractivity contribution is 0.415. The molecule has 1 aromatic rings. The molecule has 0 amide bonds. The summed E-state index contributed by atoms with van der Waals surface area (Å²) in [6, 6.07) is 5.65. The van der Waals surface area contributed by atoms with E-state index in [1.54, 1.807) is 7.11 Å². The van der Waals surface area contributed by atoms with E-state index in [9.17, 15) is 0 Å². The third kappa shape index (κ3) is 3.35. The Morgan fingerprint density at radius 1 is 1.47 bits per heavy atom. The number of ether oxygens (including phenoxy) is 1. The van der Waals surface area contributed by atoms with Gasteiger partial charge >= 0.3 is 0 Å². The molecule has 0 aliphatic rings. The van der Waals surface area contributed by atoms with Crippen molar-refractivity contribution < 1.29 is 4.74 Å². The molecule has 0 aliphatic heterocycles. The predicted molar refractivity (Wildman–Crippen MR) is 65.4 cm³/mol. The first-order chi connectivity index (χ1) is 7.17. The highest BCUT2D eigenvalue weighted by atomic mass is 16.5. The van der Waals surface area contributed by atoms with Crippen molar-refractivity contribution in [2.45, 2.75) is 20.3 Å². The summed E-state index contributed by atoms with van der Waals surface area (Å²) in [6.45, 7) is 5.33. The van der Waals surface area contributed by atoms with E-state index >= 15 is 0 Å². The van der Waals surface area contributed by atoms with Crippen molar-refractivity contribution in [1.82, 2.24) is 0 Å². The van der Waals surface area contributed by atoms with E-state index in [4.69, 9.17) is 10.5 Å². The fraction of sp³-hybridized carbons (Fsp3) is 0.500. The minimum Gasteiger partial charge on any atom is -0.497 e. The molecule has 0 radical (unpaired) electrons. The van der Waals surface area contributed by atoms with Crippen LogP contribution in [0.1, 0.15) is 20.3 Å². The first-order valence-corrected chi connectivity index (χ1v) is 5.34. The second-order valence-electron chi connectivity index (χ2n) is 3.85. The monoisotopic (exact) mass is 208 g/mol. The number of nitrogens with two attached hydrogens (primary N) is 1. The van der Waals surface area contributed by atoms with Gasteiger partial charge in [0.15, 0.2) is 0 Å². The summed E-state index contributed by atoms with van der Waals surface area (Å²) < 4.78 is 5.15. The van der Waals surface area contributed by atoms with E-state index in [1.165, 1.54) is 0 Å². The van der Waals surface area contributed by atoms with Gasteiger partial charge in [0.2, 0.25) is 0 Å². The van der Waals surface area contributed by atoms with Gasteiger partial charge in [-0.3, -0.25) is 0 Å². The molecule has 0 fully saturated rings. The molecule has 1 unspecified atom stereocenters. The number of hydrogen-bond acceptors (Lipinski definition) is 3. The van der Waals surface area contributed by atoms with Gasteiger partial charge in [-0.15, -0.1) is 0 Å². The molecular weight excluding hydrogens is 188 g/mol. The molecule has 0 saturated carbocycles. The quantitative estimate of drug-likeness (QED) is 0.731. The number of benzene rings is 1. The Hall–Kier alpha value is -1.38. The maximum Gasteiger partial charge on any atom is 0.121 e. The zero-order valence-electron chi connectivity index (χ0n) is 9.71. The lowest BCUT2D eigenvalue weighted by Gasteiger charge is -2.14. The van der Waals surface area contributed by atoms with Crippen LogP contribution in [-0.4, -0.2) is 13.7 Å². The van der Waals surface area contributed by atoms with Gasteiger partial charge in [0.25, 0.3) is 0 Å². The van der Waals surface area contributed by atoms with Crippen molar-refractivity contribution in [3.8, 4) is 5.75 Å². The largest absolute Gasteiger partial charge is 0.497 e. The highest BCUT2D eigenvalue weighted by molar-refractivity contribution is 5.68. The van der Waals surface area contributed by atoms with E-state index in [1.807, 2.05) is 18.2 Å². The summed E-state index contributed by atoms with van der Waals surface area (Å²) in [5.74, 6) is 1.48. The summed E-state index contributed by atoms with van der Waals surface area (Å²) in [6.07, 6.45) is 1.16. The summed E-state index contributed by atoms with van der Waals surface area (Å²) in [7, 11) is 1.66. The Kier molecular flexibility index (Phi) is 4.28. The Balaban J connectivity index is 2.66. The third-order valence-electron chi connectivity index (χ3n) is 2.60. The highest BCUT2D eigenvalue weighted by Gasteiger charge is 2.03. The molecule has 0 saturated heterocycles. The molecule has 3 heteroatoms. The van der Waals surface area contributed by atoms with Crippen molar-refractivity contribution in [3.63, 3.8) is 0 Å². The number of rotatable bonds is 5. The topological polar surface area (TPSA) is 47.3 Å². The SMILES string of the molecule is CCC(C)CNc1cc(OC)ccc1N. The Morgan fingerprint density at radius 3 is 2.80 bits per heavy atom. The van der Waals surface area contributed by atoms with E-state index in [0.717, 1.165) is 30.1 Å². The third-order valence-corrected chi connectivity index (χ3v) is 2.60. The molecule has 3 N–H and O–H groups in total. The molecule has 3 nitrogen and oxygen atoms in total. The van der Waals surface area contributed by atoms with Crippen molar-refractivity contribution in [2.75, 3.05) is 24.7 Å². The van der Waals surface area contributed by atoms with Gasteiger partial charge in [-0.1, -0.05) is 20.3 Å². The Morgan fingerprint density at radius 2 is 2.20 bits per heavy atom. The lowest BCUT2D eigenvalue weighted by atomic mass is 10.1. The lowest BCUT2D eigenvalue weighted by Crippen LogP contribution is -2.11. The maximum atomic E-state index is 5.85. The minimum absolute atomic E-state index is 0.649. The van der Waals surface area contributed by atoms with Crippen LogP contribution >= 0.6 is 0 Å². The molecule has 0 spiro atoms. The second-order valence-corrected chi connectivity index (χ2v) is 3.85. The molecule has 0 bridgehead atoms. The maximum absolute atomic E-state index is 5.85. The van der Waals surface area contributed by atoms with Crippen LogP contribution in [0.15, 0.2) is 18.2 Å². The van der Waals surface area contributed by atoms with Gasteiger partial charge in [0.05, 0.1) is 18.5 Å². The zero-order chi connectivity index (χ0) is 11.3. The fourth-order valence-electron chi connectivity index (χ4n) is 1.24. The first-order valence-electron chi connectivity index (χ1n) is 5.34. The van der Waals surface area contributed by atoms with E-state index in [-0.39, 0.29) is 0 Å². The number of anilines is 2. The minimum atomic E-state index is 0.649. The molecule has 84 valence electrons. The number of nitrogen functional groups attached to an aromatic ring is 1. The van der Waals surface area contributed by atoms with Crippen LogP contribution < -0.4 is 15.8 Å². The van der Waals surface area contributed by atoms with Gasteiger partial charge in [-0.05, 0) is 18.1 Å².